The number of benzene rings is 1. The number of ether oxygens (including phenoxy) is 1. The van der Waals surface area contributed by atoms with Gasteiger partial charge < -0.3 is 10.1 Å². The van der Waals surface area contributed by atoms with Gasteiger partial charge in [-0.3, -0.25) is 0 Å². The average Bonchev–Trinajstić information content (AvgIpc) is 2.80. The molecule has 18 heavy (non-hydrogen) atoms. The SMILES string of the molecule is Cc1ccccc1OCc1nc2c(s1)CNCC2. The van der Waals surface area contributed by atoms with E-state index in [-0.39, 0.29) is 0 Å². The van der Waals surface area contributed by atoms with Gasteiger partial charge in [-0.1, -0.05) is 18.2 Å². The van der Waals surface area contributed by atoms with Gasteiger partial charge in [0.05, 0.1) is 5.69 Å². The number of nitrogens with zero attached hydrogens (tertiary/aromatic N) is 1. The zero-order chi connectivity index (χ0) is 12.4. The monoisotopic (exact) mass is 260 g/mol. The maximum absolute atomic E-state index is 5.83. The Hall–Kier alpha value is -1.39. The van der Waals surface area contributed by atoms with Gasteiger partial charge in [0.2, 0.25) is 0 Å². The summed E-state index contributed by atoms with van der Waals surface area (Å²) in [5.74, 6) is 0.948. The number of thiazole rings is 1. The summed E-state index contributed by atoms with van der Waals surface area (Å²) in [4.78, 5) is 6.01. The van der Waals surface area contributed by atoms with Crippen LogP contribution in [0.5, 0.6) is 5.75 Å². The van der Waals surface area contributed by atoms with Gasteiger partial charge in [0.25, 0.3) is 0 Å². The molecule has 0 bridgehead atoms. The van der Waals surface area contributed by atoms with Gasteiger partial charge in [0.1, 0.15) is 17.4 Å². The maximum atomic E-state index is 5.83. The van der Waals surface area contributed by atoms with Crippen molar-refractivity contribution in [1.82, 2.24) is 10.3 Å². The fraction of sp³-hybridized carbons (Fsp3) is 0.357. The van der Waals surface area contributed by atoms with Gasteiger partial charge in [-0.15, -0.1) is 11.3 Å². The molecule has 0 radical (unpaired) electrons. The molecule has 1 aromatic heterocycles. The number of rotatable bonds is 3. The average molecular weight is 260 g/mol. The van der Waals surface area contributed by atoms with Crippen molar-refractivity contribution in [1.29, 1.82) is 0 Å². The number of hydrogen-bond acceptors (Lipinski definition) is 4. The second kappa shape index (κ2) is 5.08. The van der Waals surface area contributed by atoms with E-state index < -0.39 is 0 Å². The van der Waals surface area contributed by atoms with E-state index in [1.165, 1.54) is 16.1 Å². The lowest BCUT2D eigenvalue weighted by Crippen LogP contribution is -2.22. The molecule has 0 spiro atoms. The van der Waals surface area contributed by atoms with Crippen molar-refractivity contribution in [3.8, 4) is 5.75 Å². The summed E-state index contributed by atoms with van der Waals surface area (Å²) in [6, 6.07) is 8.09. The van der Waals surface area contributed by atoms with Gasteiger partial charge in [0.15, 0.2) is 0 Å². The van der Waals surface area contributed by atoms with Crippen molar-refractivity contribution in [2.45, 2.75) is 26.5 Å². The molecule has 0 saturated heterocycles. The minimum absolute atomic E-state index is 0.572. The molecule has 2 heterocycles. The molecule has 94 valence electrons. The van der Waals surface area contributed by atoms with E-state index in [1.54, 1.807) is 11.3 Å². The molecule has 0 aliphatic carbocycles. The van der Waals surface area contributed by atoms with E-state index in [0.717, 1.165) is 30.3 Å². The van der Waals surface area contributed by atoms with E-state index in [9.17, 15) is 0 Å². The fourth-order valence-corrected chi connectivity index (χ4v) is 3.10. The summed E-state index contributed by atoms with van der Waals surface area (Å²) < 4.78 is 5.83. The smallest absolute Gasteiger partial charge is 0.140 e. The Labute approximate surface area is 111 Å². The Balaban J connectivity index is 1.70. The minimum atomic E-state index is 0.572. The van der Waals surface area contributed by atoms with Crippen molar-refractivity contribution < 1.29 is 4.74 Å². The van der Waals surface area contributed by atoms with Crippen LogP contribution in [0.4, 0.5) is 0 Å². The van der Waals surface area contributed by atoms with E-state index in [1.807, 2.05) is 18.2 Å². The third-order valence-corrected chi connectivity index (χ3v) is 4.16. The van der Waals surface area contributed by atoms with Crippen LogP contribution in [0.1, 0.15) is 21.1 Å². The second-order valence-corrected chi connectivity index (χ2v) is 5.63. The van der Waals surface area contributed by atoms with Crippen molar-refractivity contribution in [3.05, 3.63) is 45.4 Å². The van der Waals surface area contributed by atoms with Gasteiger partial charge >= 0.3 is 0 Å². The molecule has 0 fully saturated rings. The predicted octanol–water partition coefficient (Wildman–Crippen LogP) is 2.68. The second-order valence-electron chi connectivity index (χ2n) is 4.46. The van der Waals surface area contributed by atoms with Crippen molar-refractivity contribution in [2.24, 2.45) is 0 Å². The normalized spacial score (nSPS) is 14.3. The highest BCUT2D eigenvalue weighted by atomic mass is 32.1. The van der Waals surface area contributed by atoms with Crippen molar-refractivity contribution in [2.75, 3.05) is 6.54 Å². The number of aryl methyl sites for hydroxylation is 1. The summed E-state index contributed by atoms with van der Waals surface area (Å²) in [6.45, 7) is 4.63. The Morgan fingerprint density at radius 2 is 2.28 bits per heavy atom. The van der Waals surface area contributed by atoms with Crippen LogP contribution in [0.15, 0.2) is 24.3 Å². The molecule has 0 unspecified atom stereocenters. The number of fused-ring (bicyclic) bond motifs is 1. The molecule has 0 atom stereocenters. The molecule has 0 amide bonds. The molecule has 3 nitrogen and oxygen atoms in total. The summed E-state index contributed by atoms with van der Waals surface area (Å²) >= 11 is 1.76. The molecule has 0 saturated carbocycles. The maximum Gasteiger partial charge on any atom is 0.140 e. The first-order valence-corrected chi connectivity index (χ1v) is 7.01. The number of nitrogens with one attached hydrogen (secondary N) is 1. The highest BCUT2D eigenvalue weighted by Gasteiger charge is 2.14. The Morgan fingerprint density at radius 1 is 1.39 bits per heavy atom. The molecule has 2 aromatic rings. The molecule has 1 aliphatic heterocycles. The zero-order valence-corrected chi connectivity index (χ0v) is 11.2. The van der Waals surface area contributed by atoms with Gasteiger partial charge in [0, 0.05) is 24.4 Å². The van der Waals surface area contributed by atoms with Crippen molar-refractivity contribution in [3.63, 3.8) is 0 Å². The standard InChI is InChI=1S/C14H16N2OS/c1-10-4-2-3-5-12(10)17-9-14-16-11-6-7-15-8-13(11)18-14/h2-5,15H,6-9H2,1H3. The first-order chi connectivity index (χ1) is 8.83. The number of hydrogen-bond donors (Lipinski definition) is 1. The summed E-state index contributed by atoms with van der Waals surface area (Å²) in [6.07, 6.45) is 1.04. The highest BCUT2D eigenvalue weighted by Crippen LogP contribution is 2.24. The Kier molecular flexibility index (Phi) is 3.30. The summed E-state index contributed by atoms with van der Waals surface area (Å²) in [7, 11) is 0. The van der Waals surface area contributed by atoms with Crippen LogP contribution in [0.3, 0.4) is 0 Å². The molecule has 4 heteroatoms. The van der Waals surface area contributed by atoms with Crippen LogP contribution in [0.2, 0.25) is 0 Å². The van der Waals surface area contributed by atoms with Gasteiger partial charge in [-0.05, 0) is 18.6 Å². The first kappa shape index (κ1) is 11.7. The molecule has 1 aliphatic rings. The van der Waals surface area contributed by atoms with E-state index in [2.05, 4.69) is 23.3 Å². The third kappa shape index (κ3) is 2.40. The lowest BCUT2D eigenvalue weighted by Gasteiger charge is -2.09. The molecular weight excluding hydrogens is 244 g/mol. The largest absolute Gasteiger partial charge is 0.486 e. The Morgan fingerprint density at radius 3 is 3.11 bits per heavy atom. The lowest BCUT2D eigenvalue weighted by atomic mass is 10.2. The van der Waals surface area contributed by atoms with Crippen LogP contribution >= 0.6 is 11.3 Å². The fourth-order valence-electron chi connectivity index (χ4n) is 2.10. The third-order valence-electron chi connectivity index (χ3n) is 3.09. The van der Waals surface area contributed by atoms with Gasteiger partial charge in [-0.25, -0.2) is 4.98 Å². The van der Waals surface area contributed by atoms with E-state index in [0.29, 0.717) is 6.61 Å². The van der Waals surface area contributed by atoms with Crippen LogP contribution < -0.4 is 10.1 Å². The van der Waals surface area contributed by atoms with Crippen LogP contribution in [-0.4, -0.2) is 11.5 Å². The molecule has 1 aromatic carbocycles. The van der Waals surface area contributed by atoms with Crippen molar-refractivity contribution >= 4 is 11.3 Å². The highest BCUT2D eigenvalue weighted by molar-refractivity contribution is 7.11. The molecular formula is C14H16N2OS. The summed E-state index contributed by atoms with van der Waals surface area (Å²) in [5.41, 5.74) is 2.42. The zero-order valence-electron chi connectivity index (χ0n) is 10.4. The quantitative estimate of drug-likeness (QED) is 0.921. The van der Waals surface area contributed by atoms with E-state index >= 15 is 0 Å². The lowest BCUT2D eigenvalue weighted by molar-refractivity contribution is 0.303. The molecule has 3 rings (SSSR count). The first-order valence-electron chi connectivity index (χ1n) is 6.19. The number of aromatic nitrogens is 1. The van der Waals surface area contributed by atoms with E-state index in [4.69, 9.17) is 4.74 Å². The van der Waals surface area contributed by atoms with Crippen LogP contribution in [0.25, 0.3) is 0 Å². The minimum Gasteiger partial charge on any atom is -0.486 e. The topological polar surface area (TPSA) is 34.1 Å². The molecule has 1 N–H and O–H groups in total. The predicted molar refractivity (Wildman–Crippen MR) is 73.0 cm³/mol. The van der Waals surface area contributed by atoms with Crippen LogP contribution in [-0.2, 0) is 19.6 Å². The summed E-state index contributed by atoms with van der Waals surface area (Å²) in [5, 5.41) is 4.44. The Bertz CT molecular complexity index is 527. The van der Waals surface area contributed by atoms with Crippen LogP contribution in [0, 0.1) is 6.92 Å². The number of para-hydroxylation sites is 1. The van der Waals surface area contributed by atoms with Gasteiger partial charge in [-0.2, -0.15) is 0 Å².